The van der Waals surface area contributed by atoms with E-state index in [4.69, 9.17) is 4.74 Å². The van der Waals surface area contributed by atoms with Crippen LogP contribution < -0.4 is 5.32 Å². The lowest BCUT2D eigenvalue weighted by atomic mass is 10.1. The van der Waals surface area contributed by atoms with Gasteiger partial charge in [-0.3, -0.25) is 0 Å². The molecule has 0 heterocycles. The largest absolute Gasteiger partial charge is 0.380 e. The predicted molar refractivity (Wildman–Crippen MR) is 66.3 cm³/mol. The molecular formula is C12H28N2O. The zero-order valence-corrected chi connectivity index (χ0v) is 10.9. The van der Waals surface area contributed by atoms with Gasteiger partial charge < -0.3 is 15.0 Å². The number of rotatable bonds is 10. The summed E-state index contributed by atoms with van der Waals surface area (Å²) in [6.07, 6.45) is 2.46. The lowest BCUT2D eigenvalue weighted by molar-refractivity contribution is 0.129. The van der Waals surface area contributed by atoms with Gasteiger partial charge in [0.05, 0.1) is 6.61 Å². The lowest BCUT2D eigenvalue weighted by Crippen LogP contribution is -2.29. The van der Waals surface area contributed by atoms with Gasteiger partial charge >= 0.3 is 0 Å². The Balaban J connectivity index is 2.93. The summed E-state index contributed by atoms with van der Waals surface area (Å²) >= 11 is 0. The molecule has 0 aliphatic heterocycles. The highest BCUT2D eigenvalue weighted by molar-refractivity contribution is 4.50. The molecule has 0 rings (SSSR count). The predicted octanol–water partition coefficient (Wildman–Crippen LogP) is 1.59. The van der Waals surface area contributed by atoms with Gasteiger partial charge in [-0.2, -0.15) is 0 Å². The molecule has 0 saturated heterocycles. The highest BCUT2D eigenvalue weighted by atomic mass is 16.5. The Morgan fingerprint density at radius 3 is 2.47 bits per heavy atom. The molecule has 3 heteroatoms. The summed E-state index contributed by atoms with van der Waals surface area (Å²) in [6, 6.07) is 0. The molecular weight excluding hydrogens is 188 g/mol. The van der Waals surface area contributed by atoms with Crippen molar-refractivity contribution in [3.63, 3.8) is 0 Å². The molecule has 3 nitrogen and oxygen atoms in total. The molecule has 0 aromatic carbocycles. The Bertz CT molecular complexity index is 113. The van der Waals surface area contributed by atoms with Crippen LogP contribution in [-0.4, -0.2) is 51.8 Å². The second-order valence-electron chi connectivity index (χ2n) is 4.70. The summed E-state index contributed by atoms with van der Waals surface area (Å²) in [5.74, 6) is 0.798. The van der Waals surface area contributed by atoms with Crippen LogP contribution in [0.2, 0.25) is 0 Å². The zero-order valence-electron chi connectivity index (χ0n) is 10.9. The first-order valence-electron chi connectivity index (χ1n) is 6.06. The average molecular weight is 216 g/mol. The van der Waals surface area contributed by atoms with Gasteiger partial charge in [-0.15, -0.1) is 0 Å². The standard InChI is InChI=1S/C12H28N2O/c1-12(2)6-5-10-15-11-8-13-7-9-14(3)4/h12-13H,5-11H2,1-4H3. The third-order valence-electron chi connectivity index (χ3n) is 2.23. The molecule has 0 amide bonds. The molecule has 0 aromatic heterocycles. The van der Waals surface area contributed by atoms with Crippen LogP contribution in [0, 0.1) is 5.92 Å². The first kappa shape index (κ1) is 14.9. The van der Waals surface area contributed by atoms with Gasteiger partial charge in [0, 0.05) is 26.2 Å². The van der Waals surface area contributed by atoms with E-state index in [2.05, 4.69) is 38.2 Å². The monoisotopic (exact) mass is 216 g/mol. The topological polar surface area (TPSA) is 24.5 Å². The first-order chi connectivity index (χ1) is 7.13. The molecule has 15 heavy (non-hydrogen) atoms. The molecule has 0 bridgehead atoms. The van der Waals surface area contributed by atoms with E-state index >= 15 is 0 Å². The second kappa shape index (κ2) is 10.4. The second-order valence-corrected chi connectivity index (χ2v) is 4.70. The molecule has 0 atom stereocenters. The van der Waals surface area contributed by atoms with Crippen LogP contribution in [0.3, 0.4) is 0 Å². The summed E-state index contributed by atoms with van der Waals surface area (Å²) in [6.45, 7) is 9.36. The molecule has 92 valence electrons. The van der Waals surface area contributed by atoms with Crippen LogP contribution in [-0.2, 0) is 4.74 Å². The van der Waals surface area contributed by atoms with Crippen molar-refractivity contribution in [2.45, 2.75) is 26.7 Å². The highest BCUT2D eigenvalue weighted by Gasteiger charge is 1.94. The number of hydrogen-bond acceptors (Lipinski definition) is 3. The van der Waals surface area contributed by atoms with E-state index < -0.39 is 0 Å². The third-order valence-corrected chi connectivity index (χ3v) is 2.23. The van der Waals surface area contributed by atoms with E-state index in [0.29, 0.717) is 0 Å². The Kier molecular flexibility index (Phi) is 10.3. The van der Waals surface area contributed by atoms with E-state index in [1.165, 1.54) is 12.8 Å². The molecule has 0 aromatic rings. The summed E-state index contributed by atoms with van der Waals surface area (Å²) in [4.78, 5) is 2.18. The number of nitrogens with one attached hydrogen (secondary N) is 1. The third kappa shape index (κ3) is 13.9. The molecule has 0 saturated carbocycles. The fourth-order valence-electron chi connectivity index (χ4n) is 1.27. The Morgan fingerprint density at radius 2 is 1.87 bits per heavy atom. The molecule has 0 fully saturated rings. The van der Waals surface area contributed by atoms with Crippen LogP contribution in [0.5, 0.6) is 0 Å². The number of nitrogens with zero attached hydrogens (tertiary/aromatic N) is 1. The van der Waals surface area contributed by atoms with Gasteiger partial charge in [0.2, 0.25) is 0 Å². The molecule has 0 spiro atoms. The van der Waals surface area contributed by atoms with Crippen molar-refractivity contribution in [1.82, 2.24) is 10.2 Å². The maximum absolute atomic E-state index is 5.51. The quantitative estimate of drug-likeness (QED) is 0.561. The first-order valence-corrected chi connectivity index (χ1v) is 6.06. The van der Waals surface area contributed by atoms with Gasteiger partial charge in [-0.05, 0) is 32.9 Å². The fourth-order valence-corrected chi connectivity index (χ4v) is 1.27. The minimum absolute atomic E-state index is 0.798. The van der Waals surface area contributed by atoms with Crippen LogP contribution in [0.4, 0.5) is 0 Å². The average Bonchev–Trinajstić information content (AvgIpc) is 2.14. The smallest absolute Gasteiger partial charge is 0.0590 e. The van der Waals surface area contributed by atoms with Crippen LogP contribution >= 0.6 is 0 Å². The fraction of sp³-hybridized carbons (Fsp3) is 1.00. The highest BCUT2D eigenvalue weighted by Crippen LogP contribution is 2.02. The molecule has 0 unspecified atom stereocenters. The summed E-state index contributed by atoms with van der Waals surface area (Å²) in [5, 5.41) is 3.35. The van der Waals surface area contributed by atoms with E-state index in [-0.39, 0.29) is 0 Å². The summed E-state index contributed by atoms with van der Waals surface area (Å²) in [5.41, 5.74) is 0. The number of hydrogen-bond donors (Lipinski definition) is 1. The SMILES string of the molecule is CC(C)CCCOCCNCCN(C)C. The Labute approximate surface area is 95.2 Å². The Hall–Kier alpha value is -0.120. The van der Waals surface area contributed by atoms with Crippen molar-refractivity contribution in [1.29, 1.82) is 0 Å². The van der Waals surface area contributed by atoms with Gasteiger partial charge in [-0.25, -0.2) is 0 Å². The minimum Gasteiger partial charge on any atom is -0.380 e. The summed E-state index contributed by atoms with van der Waals surface area (Å²) < 4.78 is 5.51. The van der Waals surface area contributed by atoms with E-state index in [1.807, 2.05) is 0 Å². The van der Waals surface area contributed by atoms with Crippen molar-refractivity contribution >= 4 is 0 Å². The van der Waals surface area contributed by atoms with Gasteiger partial charge in [0.1, 0.15) is 0 Å². The Morgan fingerprint density at radius 1 is 1.13 bits per heavy atom. The number of ether oxygens (including phenoxy) is 1. The lowest BCUT2D eigenvalue weighted by Gasteiger charge is -2.10. The zero-order chi connectivity index (χ0) is 11.5. The molecule has 0 aliphatic carbocycles. The van der Waals surface area contributed by atoms with Gasteiger partial charge in [-0.1, -0.05) is 13.8 Å². The van der Waals surface area contributed by atoms with Crippen molar-refractivity contribution in [3.8, 4) is 0 Å². The van der Waals surface area contributed by atoms with Crippen molar-refractivity contribution in [2.75, 3.05) is 46.9 Å². The van der Waals surface area contributed by atoms with E-state index in [0.717, 1.165) is 38.8 Å². The summed E-state index contributed by atoms with van der Waals surface area (Å²) in [7, 11) is 4.17. The van der Waals surface area contributed by atoms with Gasteiger partial charge in [0.25, 0.3) is 0 Å². The molecule has 0 radical (unpaired) electrons. The van der Waals surface area contributed by atoms with Crippen molar-refractivity contribution < 1.29 is 4.74 Å². The minimum atomic E-state index is 0.798. The maximum Gasteiger partial charge on any atom is 0.0590 e. The normalized spacial score (nSPS) is 11.6. The van der Waals surface area contributed by atoms with E-state index in [9.17, 15) is 0 Å². The number of likely N-dealkylation sites (N-methyl/N-ethyl adjacent to an activating group) is 1. The van der Waals surface area contributed by atoms with E-state index in [1.54, 1.807) is 0 Å². The maximum atomic E-state index is 5.51. The van der Waals surface area contributed by atoms with Crippen LogP contribution in [0.1, 0.15) is 26.7 Å². The van der Waals surface area contributed by atoms with Crippen molar-refractivity contribution in [2.24, 2.45) is 5.92 Å². The molecule has 1 N–H and O–H groups in total. The van der Waals surface area contributed by atoms with Crippen LogP contribution in [0.15, 0.2) is 0 Å². The van der Waals surface area contributed by atoms with Crippen LogP contribution in [0.25, 0.3) is 0 Å². The van der Waals surface area contributed by atoms with Crippen molar-refractivity contribution in [3.05, 3.63) is 0 Å². The molecule has 0 aliphatic rings. The van der Waals surface area contributed by atoms with Gasteiger partial charge in [0.15, 0.2) is 0 Å².